The molecule has 0 aliphatic rings. The molecule has 156 valence electrons. The van der Waals surface area contributed by atoms with E-state index in [2.05, 4.69) is 10.4 Å². The lowest BCUT2D eigenvalue weighted by Gasteiger charge is -2.11. The molecule has 1 amide bonds. The third-order valence-electron chi connectivity index (χ3n) is 4.51. The second kappa shape index (κ2) is 9.69. The number of hydrogen-bond donors (Lipinski definition) is 1. The Morgan fingerprint density at radius 2 is 1.83 bits per heavy atom. The molecule has 7 nitrogen and oxygen atoms in total. The second-order valence-electron chi connectivity index (χ2n) is 6.47. The van der Waals surface area contributed by atoms with Crippen molar-refractivity contribution in [2.24, 2.45) is 0 Å². The summed E-state index contributed by atoms with van der Waals surface area (Å²) in [7, 11) is 3.02. The van der Waals surface area contributed by atoms with E-state index in [0.29, 0.717) is 24.2 Å². The maximum atomic E-state index is 13.4. The molecule has 0 fully saturated rings. The first-order valence-corrected chi connectivity index (χ1v) is 9.32. The summed E-state index contributed by atoms with van der Waals surface area (Å²) in [4.78, 5) is 24.4. The number of aromatic nitrogens is 2. The predicted octanol–water partition coefficient (Wildman–Crippen LogP) is 2.43. The third-order valence-corrected chi connectivity index (χ3v) is 4.51. The fourth-order valence-corrected chi connectivity index (χ4v) is 3.02. The lowest BCUT2D eigenvalue weighted by Crippen LogP contribution is -2.34. The van der Waals surface area contributed by atoms with Gasteiger partial charge >= 0.3 is 0 Å². The summed E-state index contributed by atoms with van der Waals surface area (Å²) in [6.45, 7) is 0.154. The highest BCUT2D eigenvalue weighted by Gasteiger charge is 2.12. The highest BCUT2D eigenvalue weighted by Crippen LogP contribution is 2.28. The number of carbonyl (C=O) groups is 1. The molecule has 1 heterocycles. The van der Waals surface area contributed by atoms with Crippen molar-refractivity contribution in [3.8, 4) is 22.8 Å². The summed E-state index contributed by atoms with van der Waals surface area (Å²) >= 11 is 0. The zero-order valence-corrected chi connectivity index (χ0v) is 16.7. The van der Waals surface area contributed by atoms with E-state index in [1.807, 2.05) is 24.3 Å². The fourth-order valence-electron chi connectivity index (χ4n) is 3.02. The van der Waals surface area contributed by atoms with Crippen LogP contribution in [-0.2, 0) is 17.8 Å². The zero-order valence-electron chi connectivity index (χ0n) is 16.7. The quantitative estimate of drug-likeness (QED) is 0.616. The summed E-state index contributed by atoms with van der Waals surface area (Å²) in [5.41, 5.74) is 1.47. The summed E-state index contributed by atoms with van der Waals surface area (Å²) in [6, 6.07) is 14.4. The van der Waals surface area contributed by atoms with Crippen LogP contribution in [-0.4, -0.2) is 36.5 Å². The average Bonchev–Trinajstić information content (AvgIpc) is 2.75. The monoisotopic (exact) mass is 411 g/mol. The molecule has 30 heavy (non-hydrogen) atoms. The van der Waals surface area contributed by atoms with Gasteiger partial charge in [-0.15, -0.1) is 0 Å². The molecule has 0 spiro atoms. The molecule has 0 aliphatic carbocycles. The van der Waals surface area contributed by atoms with E-state index in [1.165, 1.54) is 37.4 Å². The Balaban J connectivity index is 1.68. The Kier molecular flexibility index (Phi) is 6.79. The van der Waals surface area contributed by atoms with Crippen LogP contribution >= 0.6 is 0 Å². The number of rotatable bonds is 8. The zero-order chi connectivity index (χ0) is 21.5. The number of methoxy groups -OCH3 is 2. The van der Waals surface area contributed by atoms with E-state index in [1.54, 1.807) is 7.11 Å². The Hall–Kier alpha value is -3.68. The SMILES string of the molecule is COc1ccccc1CCNC(=O)Cn1nc(-c2ccc(F)cc2OC)ccc1=O. The molecule has 0 unspecified atom stereocenters. The molecule has 2 aromatic carbocycles. The van der Waals surface area contributed by atoms with Crippen molar-refractivity contribution in [3.05, 3.63) is 76.3 Å². The van der Waals surface area contributed by atoms with E-state index in [-0.39, 0.29) is 18.2 Å². The smallest absolute Gasteiger partial charge is 0.267 e. The first kappa shape index (κ1) is 21.0. The van der Waals surface area contributed by atoms with E-state index in [9.17, 15) is 14.0 Å². The molecule has 0 radical (unpaired) electrons. The normalized spacial score (nSPS) is 10.5. The minimum Gasteiger partial charge on any atom is -0.496 e. The van der Waals surface area contributed by atoms with Crippen LogP contribution in [0.5, 0.6) is 11.5 Å². The van der Waals surface area contributed by atoms with Crippen molar-refractivity contribution in [3.63, 3.8) is 0 Å². The number of para-hydroxylation sites is 1. The van der Waals surface area contributed by atoms with Gasteiger partial charge in [0.25, 0.3) is 5.56 Å². The molecule has 3 aromatic rings. The number of nitrogens with zero attached hydrogens (tertiary/aromatic N) is 2. The standard InChI is InChI=1S/C22H22FN3O4/c1-29-19-6-4-3-5-15(19)11-12-24-21(27)14-26-22(28)10-9-18(25-26)17-8-7-16(23)13-20(17)30-2/h3-10,13H,11-12,14H2,1-2H3,(H,24,27). The number of amides is 1. The van der Waals surface area contributed by atoms with Gasteiger partial charge in [0.05, 0.1) is 19.9 Å². The van der Waals surface area contributed by atoms with E-state index in [4.69, 9.17) is 9.47 Å². The molecule has 1 N–H and O–H groups in total. The summed E-state index contributed by atoms with van der Waals surface area (Å²) in [5, 5.41) is 7.01. The molecule has 3 rings (SSSR count). The summed E-state index contributed by atoms with van der Waals surface area (Å²) in [6.07, 6.45) is 0.588. The van der Waals surface area contributed by atoms with Crippen LogP contribution < -0.4 is 20.3 Å². The molecular weight excluding hydrogens is 389 g/mol. The van der Waals surface area contributed by atoms with Gasteiger partial charge in [-0.05, 0) is 36.2 Å². The van der Waals surface area contributed by atoms with E-state index < -0.39 is 11.4 Å². The van der Waals surface area contributed by atoms with Gasteiger partial charge in [-0.2, -0.15) is 5.10 Å². The first-order valence-electron chi connectivity index (χ1n) is 9.32. The van der Waals surface area contributed by atoms with Crippen molar-refractivity contribution in [1.29, 1.82) is 0 Å². The molecule has 0 bridgehead atoms. The lowest BCUT2D eigenvalue weighted by atomic mass is 10.1. The minimum absolute atomic E-state index is 0.234. The van der Waals surface area contributed by atoms with Gasteiger partial charge in [0.15, 0.2) is 0 Å². The molecule has 8 heteroatoms. The molecule has 0 saturated heterocycles. The number of nitrogens with one attached hydrogen (secondary N) is 1. The van der Waals surface area contributed by atoms with Crippen LogP contribution in [0.15, 0.2) is 59.4 Å². The first-order chi connectivity index (χ1) is 14.5. The second-order valence-corrected chi connectivity index (χ2v) is 6.47. The van der Waals surface area contributed by atoms with Gasteiger partial charge in [0, 0.05) is 24.2 Å². The van der Waals surface area contributed by atoms with Crippen LogP contribution in [0.4, 0.5) is 4.39 Å². The van der Waals surface area contributed by atoms with Crippen LogP contribution in [0.25, 0.3) is 11.3 Å². The average molecular weight is 411 g/mol. The summed E-state index contributed by atoms with van der Waals surface area (Å²) in [5.74, 6) is 0.251. The van der Waals surface area contributed by atoms with Crippen LogP contribution in [0.1, 0.15) is 5.56 Å². The van der Waals surface area contributed by atoms with Crippen molar-refractivity contribution >= 4 is 5.91 Å². The number of carbonyl (C=O) groups excluding carboxylic acids is 1. The van der Waals surface area contributed by atoms with E-state index >= 15 is 0 Å². The molecule has 1 aromatic heterocycles. The van der Waals surface area contributed by atoms with Crippen LogP contribution in [0.2, 0.25) is 0 Å². The lowest BCUT2D eigenvalue weighted by molar-refractivity contribution is -0.121. The number of hydrogen-bond acceptors (Lipinski definition) is 5. The minimum atomic E-state index is -0.446. The Morgan fingerprint density at radius 1 is 1.07 bits per heavy atom. The van der Waals surface area contributed by atoms with Gasteiger partial charge in [-0.1, -0.05) is 18.2 Å². The van der Waals surface area contributed by atoms with Crippen LogP contribution in [0, 0.1) is 5.82 Å². The van der Waals surface area contributed by atoms with Gasteiger partial charge in [0.2, 0.25) is 5.91 Å². The number of benzene rings is 2. The predicted molar refractivity (Wildman–Crippen MR) is 110 cm³/mol. The van der Waals surface area contributed by atoms with E-state index in [0.717, 1.165) is 16.0 Å². The maximum Gasteiger partial charge on any atom is 0.267 e. The molecule has 0 atom stereocenters. The summed E-state index contributed by atoms with van der Waals surface area (Å²) < 4.78 is 25.0. The highest BCUT2D eigenvalue weighted by molar-refractivity contribution is 5.75. The van der Waals surface area contributed by atoms with Crippen molar-refractivity contribution in [2.75, 3.05) is 20.8 Å². The topological polar surface area (TPSA) is 82.4 Å². The highest BCUT2D eigenvalue weighted by atomic mass is 19.1. The molecule has 0 saturated carbocycles. The van der Waals surface area contributed by atoms with Crippen molar-refractivity contribution in [1.82, 2.24) is 15.1 Å². The Morgan fingerprint density at radius 3 is 2.60 bits per heavy atom. The van der Waals surface area contributed by atoms with Gasteiger partial charge in [0.1, 0.15) is 23.9 Å². The fraction of sp³-hybridized carbons (Fsp3) is 0.227. The van der Waals surface area contributed by atoms with Gasteiger partial charge in [-0.25, -0.2) is 9.07 Å². The van der Waals surface area contributed by atoms with Gasteiger partial charge in [-0.3, -0.25) is 9.59 Å². The number of halogens is 1. The van der Waals surface area contributed by atoms with Gasteiger partial charge < -0.3 is 14.8 Å². The molecular formula is C22H22FN3O4. The van der Waals surface area contributed by atoms with Crippen molar-refractivity contribution < 1.29 is 18.7 Å². The Labute approximate surface area is 173 Å². The Bertz CT molecular complexity index is 1100. The largest absolute Gasteiger partial charge is 0.496 e. The van der Waals surface area contributed by atoms with Crippen molar-refractivity contribution in [2.45, 2.75) is 13.0 Å². The maximum absolute atomic E-state index is 13.4. The number of ether oxygens (including phenoxy) is 2. The third kappa shape index (κ3) is 5.02. The molecule has 0 aliphatic heterocycles. The van der Waals surface area contributed by atoms with Crippen LogP contribution in [0.3, 0.4) is 0 Å².